The van der Waals surface area contributed by atoms with Crippen LogP contribution in [0.15, 0.2) is 52.7 Å². The van der Waals surface area contributed by atoms with E-state index in [0.717, 1.165) is 31.9 Å². The fourth-order valence-electron chi connectivity index (χ4n) is 3.96. The van der Waals surface area contributed by atoms with Crippen molar-refractivity contribution in [3.8, 4) is 0 Å². The molecule has 1 aliphatic rings. The summed E-state index contributed by atoms with van der Waals surface area (Å²) in [4.78, 5) is 15.4. The molecule has 31 heavy (non-hydrogen) atoms. The van der Waals surface area contributed by atoms with Crippen molar-refractivity contribution in [2.75, 3.05) is 37.6 Å². The monoisotopic (exact) mass is 423 g/mol. The van der Waals surface area contributed by atoms with Gasteiger partial charge in [0.05, 0.1) is 16.3 Å². The molecule has 7 heteroatoms. The molecule has 1 heterocycles. The lowest BCUT2D eigenvalue weighted by molar-refractivity contribution is -0.384. The summed E-state index contributed by atoms with van der Waals surface area (Å²) in [6.45, 7) is 9.94. The molecule has 1 fully saturated rings. The van der Waals surface area contributed by atoms with Gasteiger partial charge < -0.3 is 4.90 Å². The maximum absolute atomic E-state index is 10.7. The highest BCUT2D eigenvalue weighted by atomic mass is 16.6. The molecule has 0 bridgehead atoms. The van der Waals surface area contributed by atoms with Gasteiger partial charge in [0.2, 0.25) is 0 Å². The average Bonchev–Trinajstić information content (AvgIpc) is 2.78. The molecule has 2 aromatic rings. The number of nitro benzene ring substituents is 1. The number of piperazine rings is 1. The summed E-state index contributed by atoms with van der Waals surface area (Å²) in [6, 6.07) is 12.2. The van der Waals surface area contributed by atoms with Gasteiger partial charge in [-0.05, 0) is 55.8 Å². The van der Waals surface area contributed by atoms with E-state index in [1.54, 1.807) is 12.1 Å². The summed E-state index contributed by atoms with van der Waals surface area (Å²) >= 11 is 0. The summed E-state index contributed by atoms with van der Waals surface area (Å²) < 4.78 is 0. The van der Waals surface area contributed by atoms with Crippen LogP contribution in [0.3, 0.4) is 0 Å². The van der Waals surface area contributed by atoms with Gasteiger partial charge in [-0.2, -0.15) is 10.2 Å². The Hall–Kier alpha value is -2.80. The van der Waals surface area contributed by atoms with Crippen molar-refractivity contribution < 1.29 is 4.92 Å². The van der Waals surface area contributed by atoms with Crippen LogP contribution in [0.25, 0.3) is 0 Å². The van der Waals surface area contributed by atoms with Gasteiger partial charge >= 0.3 is 0 Å². The average molecular weight is 424 g/mol. The summed E-state index contributed by atoms with van der Waals surface area (Å²) in [6.07, 6.45) is 6.69. The number of non-ortho nitro benzene ring substituents is 1. The first-order valence-corrected chi connectivity index (χ1v) is 11.3. The Bertz CT molecular complexity index is 874. The Morgan fingerprint density at radius 2 is 1.55 bits per heavy atom. The zero-order valence-corrected chi connectivity index (χ0v) is 18.7. The van der Waals surface area contributed by atoms with Crippen molar-refractivity contribution in [3.05, 3.63) is 58.1 Å². The summed E-state index contributed by atoms with van der Waals surface area (Å²) in [7, 11) is 0. The van der Waals surface area contributed by atoms with Crippen molar-refractivity contribution in [2.24, 2.45) is 10.2 Å². The maximum Gasteiger partial charge on any atom is 0.269 e. The van der Waals surface area contributed by atoms with Crippen LogP contribution >= 0.6 is 0 Å². The number of aryl methyl sites for hydroxylation is 1. The topological polar surface area (TPSA) is 74.3 Å². The van der Waals surface area contributed by atoms with E-state index in [1.807, 2.05) is 12.1 Å². The van der Waals surface area contributed by atoms with Gasteiger partial charge in [-0.3, -0.25) is 15.0 Å². The third-order valence-electron chi connectivity index (χ3n) is 5.81. The maximum atomic E-state index is 10.7. The third kappa shape index (κ3) is 6.85. The highest BCUT2D eigenvalue weighted by Gasteiger charge is 2.18. The minimum Gasteiger partial charge on any atom is -0.369 e. The first kappa shape index (κ1) is 22.9. The first-order valence-electron chi connectivity index (χ1n) is 11.3. The van der Waals surface area contributed by atoms with Crippen molar-refractivity contribution in [3.63, 3.8) is 0 Å². The number of benzene rings is 2. The number of nitro groups is 1. The first-order chi connectivity index (χ1) is 15.1. The molecule has 0 aliphatic carbocycles. The molecule has 0 atom stereocenters. The van der Waals surface area contributed by atoms with Crippen LogP contribution in [0.5, 0.6) is 0 Å². The molecule has 0 radical (unpaired) electrons. The number of hydrogen-bond acceptors (Lipinski definition) is 6. The van der Waals surface area contributed by atoms with E-state index >= 15 is 0 Å². The van der Waals surface area contributed by atoms with E-state index in [0.29, 0.717) is 5.69 Å². The van der Waals surface area contributed by atoms with E-state index in [4.69, 9.17) is 0 Å². The Balaban J connectivity index is 1.51. The highest BCUT2D eigenvalue weighted by Crippen LogP contribution is 2.28. The van der Waals surface area contributed by atoms with Crippen LogP contribution in [0.2, 0.25) is 0 Å². The van der Waals surface area contributed by atoms with Gasteiger partial charge in [0.15, 0.2) is 0 Å². The Labute approximate surface area is 184 Å². The van der Waals surface area contributed by atoms with E-state index in [1.165, 1.54) is 62.0 Å². The number of rotatable bonds is 10. The van der Waals surface area contributed by atoms with Gasteiger partial charge in [0.25, 0.3) is 5.69 Å². The summed E-state index contributed by atoms with van der Waals surface area (Å²) in [5.41, 5.74) is 3.88. The largest absolute Gasteiger partial charge is 0.369 e. The molecule has 7 nitrogen and oxygen atoms in total. The Morgan fingerprint density at radius 1 is 0.903 bits per heavy atom. The molecular formula is C24H33N5O2. The summed E-state index contributed by atoms with van der Waals surface area (Å²) in [5.74, 6) is 0. The van der Waals surface area contributed by atoms with Gasteiger partial charge in [-0.1, -0.05) is 32.6 Å². The second-order valence-electron chi connectivity index (χ2n) is 8.19. The normalized spacial score (nSPS) is 15.0. The molecule has 166 valence electrons. The fraction of sp³-hybridized carbons (Fsp3) is 0.500. The predicted molar refractivity (Wildman–Crippen MR) is 126 cm³/mol. The van der Waals surface area contributed by atoms with Crippen molar-refractivity contribution in [2.45, 2.75) is 46.0 Å². The number of azo groups is 1. The lowest BCUT2D eigenvalue weighted by atomic mass is 10.1. The van der Waals surface area contributed by atoms with E-state index in [-0.39, 0.29) is 5.69 Å². The van der Waals surface area contributed by atoms with Crippen molar-refractivity contribution in [1.82, 2.24) is 4.90 Å². The number of unbranched alkanes of at least 4 members (excludes halogenated alkanes) is 4. The number of hydrogen-bond donors (Lipinski definition) is 0. The van der Waals surface area contributed by atoms with Crippen LogP contribution in [-0.2, 0) is 0 Å². The van der Waals surface area contributed by atoms with Gasteiger partial charge in [0, 0.05) is 44.0 Å². The van der Waals surface area contributed by atoms with E-state index < -0.39 is 4.92 Å². The number of nitrogens with zero attached hydrogens (tertiary/aromatic N) is 5. The molecule has 1 saturated heterocycles. The smallest absolute Gasteiger partial charge is 0.269 e. The van der Waals surface area contributed by atoms with Crippen molar-refractivity contribution in [1.29, 1.82) is 0 Å². The molecule has 0 unspecified atom stereocenters. The molecule has 3 rings (SSSR count). The van der Waals surface area contributed by atoms with E-state index in [2.05, 4.69) is 39.9 Å². The zero-order valence-electron chi connectivity index (χ0n) is 18.7. The highest BCUT2D eigenvalue weighted by molar-refractivity contribution is 5.59. The van der Waals surface area contributed by atoms with Crippen LogP contribution in [0, 0.1) is 17.0 Å². The minimum atomic E-state index is -0.420. The van der Waals surface area contributed by atoms with Crippen LogP contribution in [-0.4, -0.2) is 42.5 Å². The minimum absolute atomic E-state index is 0.0516. The second-order valence-corrected chi connectivity index (χ2v) is 8.19. The molecule has 0 spiro atoms. The molecule has 0 N–H and O–H groups in total. The quantitative estimate of drug-likeness (QED) is 0.191. The summed E-state index contributed by atoms with van der Waals surface area (Å²) in [5, 5.41) is 19.2. The number of anilines is 1. The SMILES string of the molecule is CCCCCCCN1CCN(c2ccc(N=Nc3ccc([N+](=O)[O-])cc3)cc2C)CC1. The predicted octanol–water partition coefficient (Wildman–Crippen LogP) is 6.41. The van der Waals surface area contributed by atoms with Gasteiger partial charge in [0.1, 0.15) is 0 Å². The van der Waals surface area contributed by atoms with Crippen LogP contribution < -0.4 is 4.90 Å². The fourth-order valence-corrected chi connectivity index (χ4v) is 3.96. The lowest BCUT2D eigenvalue weighted by Gasteiger charge is -2.36. The molecular weight excluding hydrogens is 390 g/mol. The zero-order chi connectivity index (χ0) is 22.1. The third-order valence-corrected chi connectivity index (χ3v) is 5.81. The van der Waals surface area contributed by atoms with Gasteiger partial charge in [-0.15, -0.1) is 0 Å². The van der Waals surface area contributed by atoms with Crippen LogP contribution in [0.1, 0.15) is 44.6 Å². The van der Waals surface area contributed by atoms with E-state index in [9.17, 15) is 10.1 Å². The molecule has 0 saturated carbocycles. The van der Waals surface area contributed by atoms with Gasteiger partial charge in [-0.25, -0.2) is 0 Å². The Kier molecular flexibility index (Phi) is 8.53. The van der Waals surface area contributed by atoms with Crippen molar-refractivity contribution >= 4 is 22.7 Å². The molecule has 1 aliphatic heterocycles. The second kappa shape index (κ2) is 11.6. The molecule has 2 aromatic carbocycles. The molecule has 0 amide bonds. The lowest BCUT2D eigenvalue weighted by Crippen LogP contribution is -2.46. The Morgan fingerprint density at radius 3 is 2.19 bits per heavy atom. The standard InChI is InChI=1S/C24H33N5O2/c1-3-4-5-6-7-14-27-15-17-28(18-16-27)24-13-10-22(19-20(24)2)26-25-21-8-11-23(12-9-21)29(30)31/h8-13,19H,3-7,14-18H2,1-2H3. The van der Waals surface area contributed by atoms with Crippen LogP contribution in [0.4, 0.5) is 22.7 Å². The molecule has 0 aromatic heterocycles.